The summed E-state index contributed by atoms with van der Waals surface area (Å²) < 4.78 is 5.25. The zero-order chi connectivity index (χ0) is 18.1. The van der Waals surface area contributed by atoms with E-state index in [1.807, 2.05) is 6.20 Å². The van der Waals surface area contributed by atoms with Gasteiger partial charge in [-0.05, 0) is 20.3 Å². The number of nitrogens with zero attached hydrogens (tertiary/aromatic N) is 4. The highest BCUT2D eigenvalue weighted by molar-refractivity contribution is 7.11. The maximum absolute atomic E-state index is 5.25. The lowest BCUT2D eigenvalue weighted by atomic mass is 10.2. The van der Waals surface area contributed by atoms with Gasteiger partial charge >= 0.3 is 0 Å². The van der Waals surface area contributed by atoms with Gasteiger partial charge < -0.3 is 15.2 Å². The Bertz CT molecular complexity index is 664. The number of nitrogens with one attached hydrogen (secondary N) is 2. The number of thiazole rings is 1. The molecule has 0 atom stereocenters. The van der Waals surface area contributed by atoms with E-state index >= 15 is 0 Å². The molecule has 0 bridgehead atoms. The number of hydrogen-bond donors (Lipinski definition) is 2. The first-order valence-corrected chi connectivity index (χ1v) is 9.66. The van der Waals surface area contributed by atoms with Crippen molar-refractivity contribution in [3.63, 3.8) is 0 Å². The molecule has 8 heteroatoms. The summed E-state index contributed by atoms with van der Waals surface area (Å²) >= 11 is 1.74. The highest BCUT2D eigenvalue weighted by atomic mass is 32.1. The van der Waals surface area contributed by atoms with Crippen LogP contribution in [0.1, 0.15) is 54.7 Å². The number of aliphatic imine (C=N–C) groups is 1. The molecule has 0 saturated carbocycles. The fourth-order valence-corrected chi connectivity index (χ4v) is 2.96. The average Bonchev–Trinajstić information content (AvgIpc) is 3.20. The van der Waals surface area contributed by atoms with Crippen LogP contribution in [0.5, 0.6) is 0 Å². The van der Waals surface area contributed by atoms with Crippen LogP contribution in [0.4, 0.5) is 0 Å². The van der Waals surface area contributed by atoms with Crippen molar-refractivity contribution >= 4 is 17.3 Å². The van der Waals surface area contributed by atoms with Gasteiger partial charge in [0, 0.05) is 49.5 Å². The van der Waals surface area contributed by atoms with E-state index in [9.17, 15) is 0 Å². The van der Waals surface area contributed by atoms with Gasteiger partial charge in [-0.15, -0.1) is 11.3 Å². The molecule has 0 aliphatic carbocycles. The number of guanidine groups is 1. The van der Waals surface area contributed by atoms with Crippen molar-refractivity contribution in [2.75, 3.05) is 19.6 Å². The second-order valence-electron chi connectivity index (χ2n) is 6.11. The van der Waals surface area contributed by atoms with E-state index in [1.165, 1.54) is 4.88 Å². The maximum Gasteiger partial charge on any atom is 0.226 e. The zero-order valence-electron chi connectivity index (χ0n) is 15.5. The first-order chi connectivity index (χ1) is 12.1. The summed E-state index contributed by atoms with van der Waals surface area (Å²) in [6.45, 7) is 10.6. The molecule has 0 aliphatic heterocycles. The Balaban J connectivity index is 1.72. The third kappa shape index (κ3) is 6.81. The summed E-state index contributed by atoms with van der Waals surface area (Å²) in [7, 11) is 0. The second kappa shape index (κ2) is 10.1. The fraction of sp³-hybridized carbons (Fsp3) is 0.647. The molecule has 0 aromatic carbocycles. The lowest BCUT2D eigenvalue weighted by Gasteiger charge is -2.10. The molecule has 0 fully saturated rings. The smallest absolute Gasteiger partial charge is 0.226 e. The van der Waals surface area contributed by atoms with Crippen LogP contribution in [0.15, 0.2) is 15.7 Å². The normalized spacial score (nSPS) is 12.0. The summed E-state index contributed by atoms with van der Waals surface area (Å²) in [6, 6.07) is 0. The van der Waals surface area contributed by atoms with Gasteiger partial charge in [0.1, 0.15) is 0 Å². The Kier molecular flexibility index (Phi) is 7.84. The molecule has 0 saturated heterocycles. The number of hydrogen-bond acceptors (Lipinski definition) is 6. The number of aryl methyl sites for hydroxylation is 2. The molecule has 7 nitrogen and oxygen atoms in total. The predicted molar refractivity (Wildman–Crippen MR) is 101 cm³/mol. The van der Waals surface area contributed by atoms with Gasteiger partial charge in [-0.3, -0.25) is 4.99 Å². The van der Waals surface area contributed by atoms with Gasteiger partial charge in [0.2, 0.25) is 5.89 Å². The maximum atomic E-state index is 5.25. The Labute approximate surface area is 153 Å². The minimum Gasteiger partial charge on any atom is -0.357 e. The highest BCUT2D eigenvalue weighted by Crippen LogP contribution is 2.11. The third-order valence-corrected chi connectivity index (χ3v) is 4.44. The van der Waals surface area contributed by atoms with Crippen molar-refractivity contribution in [3.8, 4) is 0 Å². The first kappa shape index (κ1) is 19.4. The van der Waals surface area contributed by atoms with Gasteiger partial charge in [0.25, 0.3) is 0 Å². The van der Waals surface area contributed by atoms with E-state index in [0.29, 0.717) is 18.4 Å². The third-order valence-electron chi connectivity index (χ3n) is 3.46. The van der Waals surface area contributed by atoms with Crippen LogP contribution < -0.4 is 10.6 Å². The Hall–Kier alpha value is -1.96. The van der Waals surface area contributed by atoms with E-state index in [0.717, 1.165) is 49.1 Å². The molecule has 2 rings (SSSR count). The summed E-state index contributed by atoms with van der Waals surface area (Å²) in [5, 5.41) is 11.7. The van der Waals surface area contributed by atoms with Gasteiger partial charge in [-0.25, -0.2) is 4.98 Å². The lowest BCUT2D eigenvalue weighted by Crippen LogP contribution is -2.38. The topological polar surface area (TPSA) is 88.2 Å². The second-order valence-corrected chi connectivity index (χ2v) is 7.43. The van der Waals surface area contributed by atoms with E-state index in [4.69, 9.17) is 4.52 Å². The van der Waals surface area contributed by atoms with Crippen LogP contribution in [0.25, 0.3) is 0 Å². The van der Waals surface area contributed by atoms with Crippen LogP contribution in [-0.4, -0.2) is 40.7 Å². The summed E-state index contributed by atoms with van der Waals surface area (Å²) in [5.74, 6) is 2.59. The standard InChI is InChI=1S/C17H28N6OS/c1-5-18-17(20-10-8-15-21-11-13(4)25-15)19-9-6-7-14-22-16(12(2)3)23-24-14/h11-12H,5-10H2,1-4H3,(H2,18,19,20). The Morgan fingerprint density at radius 3 is 2.80 bits per heavy atom. The van der Waals surface area contributed by atoms with E-state index in [-0.39, 0.29) is 0 Å². The highest BCUT2D eigenvalue weighted by Gasteiger charge is 2.09. The largest absolute Gasteiger partial charge is 0.357 e. The molecule has 25 heavy (non-hydrogen) atoms. The fourth-order valence-electron chi connectivity index (χ4n) is 2.17. The quantitative estimate of drug-likeness (QED) is 0.404. The van der Waals surface area contributed by atoms with Crippen molar-refractivity contribution in [1.82, 2.24) is 25.8 Å². The molecular weight excluding hydrogens is 336 g/mol. The zero-order valence-corrected chi connectivity index (χ0v) is 16.3. The van der Waals surface area contributed by atoms with Crippen LogP contribution in [0.2, 0.25) is 0 Å². The van der Waals surface area contributed by atoms with E-state index in [2.05, 4.69) is 58.4 Å². The molecular formula is C17H28N6OS. The summed E-state index contributed by atoms with van der Waals surface area (Å²) in [5.41, 5.74) is 0. The van der Waals surface area contributed by atoms with E-state index < -0.39 is 0 Å². The molecule has 138 valence electrons. The monoisotopic (exact) mass is 364 g/mol. The molecule has 0 unspecified atom stereocenters. The molecule has 2 N–H and O–H groups in total. The molecule has 0 aliphatic rings. The van der Waals surface area contributed by atoms with Crippen molar-refractivity contribution in [3.05, 3.63) is 27.8 Å². The van der Waals surface area contributed by atoms with Crippen molar-refractivity contribution in [2.45, 2.75) is 52.9 Å². The summed E-state index contributed by atoms with van der Waals surface area (Å²) in [4.78, 5) is 14.6. The minimum absolute atomic E-state index is 0.293. The van der Waals surface area contributed by atoms with Crippen LogP contribution in [0, 0.1) is 6.92 Å². The van der Waals surface area contributed by atoms with Gasteiger partial charge in [-0.2, -0.15) is 4.98 Å². The number of aromatic nitrogens is 3. The minimum atomic E-state index is 0.293. The molecule has 0 radical (unpaired) electrons. The molecule has 0 spiro atoms. The summed E-state index contributed by atoms with van der Waals surface area (Å²) in [6.07, 6.45) is 4.45. The van der Waals surface area contributed by atoms with Gasteiger partial charge in [-0.1, -0.05) is 19.0 Å². The van der Waals surface area contributed by atoms with Crippen molar-refractivity contribution in [2.24, 2.45) is 4.99 Å². The molecule has 2 heterocycles. The lowest BCUT2D eigenvalue weighted by molar-refractivity contribution is 0.369. The van der Waals surface area contributed by atoms with Gasteiger partial charge in [0.15, 0.2) is 11.8 Å². The van der Waals surface area contributed by atoms with Gasteiger partial charge in [0.05, 0.1) is 5.01 Å². The molecule has 2 aromatic heterocycles. The predicted octanol–water partition coefficient (Wildman–Crippen LogP) is 2.69. The molecule has 2 aromatic rings. The number of rotatable bonds is 9. The SMILES string of the molecule is CCNC(=NCCCc1nc(C(C)C)no1)NCCc1ncc(C)s1. The molecule has 0 amide bonds. The van der Waals surface area contributed by atoms with Crippen molar-refractivity contribution < 1.29 is 4.52 Å². The average molecular weight is 365 g/mol. The van der Waals surface area contributed by atoms with Crippen LogP contribution in [0.3, 0.4) is 0 Å². The Morgan fingerprint density at radius 2 is 2.16 bits per heavy atom. The first-order valence-electron chi connectivity index (χ1n) is 8.84. The Morgan fingerprint density at radius 1 is 1.32 bits per heavy atom. The van der Waals surface area contributed by atoms with Crippen LogP contribution >= 0.6 is 11.3 Å². The van der Waals surface area contributed by atoms with Crippen LogP contribution in [-0.2, 0) is 12.8 Å². The van der Waals surface area contributed by atoms with Crippen molar-refractivity contribution in [1.29, 1.82) is 0 Å². The van der Waals surface area contributed by atoms with E-state index in [1.54, 1.807) is 11.3 Å².